The molecule has 7 heavy (non-hydrogen) atoms. The van der Waals surface area contributed by atoms with E-state index < -0.39 is 5.56 Å². The van der Waals surface area contributed by atoms with Crippen LogP contribution in [0.1, 0.15) is 0 Å². The Bertz CT molecular complexity index is 66.0. The molecule has 0 saturated carbocycles. The van der Waals surface area contributed by atoms with Gasteiger partial charge >= 0.3 is 0 Å². The Morgan fingerprint density at radius 1 is 1.71 bits per heavy atom. The fourth-order valence-electron chi connectivity index (χ4n) is 0.103. The summed E-state index contributed by atoms with van der Waals surface area (Å²) in [6.45, 7) is 0. The van der Waals surface area contributed by atoms with Crippen molar-refractivity contribution in [3.05, 3.63) is 11.6 Å². The average Bonchev–Trinajstić information content (AvgIpc) is 1.68. The number of alkyl halides is 1. The van der Waals surface area contributed by atoms with Crippen LogP contribution in [0.25, 0.3) is 0 Å². The van der Waals surface area contributed by atoms with E-state index in [0.717, 1.165) is 0 Å². The van der Waals surface area contributed by atoms with Gasteiger partial charge in [0.15, 0.2) is 5.56 Å². The Labute approximate surface area is 54.9 Å². The third kappa shape index (κ3) is 4.57. The van der Waals surface area contributed by atoms with E-state index in [1.807, 2.05) is 9.47 Å². The summed E-state index contributed by atoms with van der Waals surface area (Å²) >= 11 is 10.5. The van der Waals surface area contributed by atoms with Crippen LogP contribution >= 0.6 is 32.7 Å². The molecule has 42 valence electrons. The number of rotatable bonds is 2. The van der Waals surface area contributed by atoms with Crippen molar-refractivity contribution in [3.8, 4) is 0 Å². The number of halogens is 2. The van der Waals surface area contributed by atoms with Crippen LogP contribution in [0.15, 0.2) is 11.6 Å². The van der Waals surface area contributed by atoms with E-state index in [2.05, 4.69) is 4.52 Å². The number of hydrogen-bond donors (Lipinski definition) is 0. The first-order valence-corrected chi connectivity index (χ1v) is 2.92. The summed E-state index contributed by atoms with van der Waals surface area (Å²) in [5.74, 6) is 0. The molecule has 2 atom stereocenters. The van der Waals surface area contributed by atoms with E-state index in [1.54, 1.807) is 0 Å². The predicted molar refractivity (Wildman–Crippen MR) is 35.4 cm³/mol. The van der Waals surface area contributed by atoms with Gasteiger partial charge in [0.05, 0.1) is 0 Å². The van der Waals surface area contributed by atoms with Crippen molar-refractivity contribution in [1.29, 1.82) is 0 Å². The lowest BCUT2D eigenvalue weighted by atomic mass is 10.7. The molecule has 0 fully saturated rings. The zero-order chi connectivity index (χ0) is 5.70. The topological polar surface area (TPSA) is 9.23 Å². The maximum atomic E-state index is 5.35. The van der Waals surface area contributed by atoms with Gasteiger partial charge in [-0.25, -0.2) is 0 Å². The third-order valence-corrected chi connectivity index (χ3v) is 1.21. The molecule has 0 spiro atoms. The molecule has 0 rings (SSSR count). The maximum absolute atomic E-state index is 5.35. The monoisotopic (exact) mass is 158 g/mol. The molecule has 0 aliphatic heterocycles. The minimum absolute atomic E-state index is 0.428. The molecule has 0 amide bonds. The second kappa shape index (κ2) is 4.86. The molecule has 0 aliphatic rings. The molecule has 2 unspecified atom stereocenters. The van der Waals surface area contributed by atoms with Gasteiger partial charge in [-0.15, -0.1) is 0 Å². The largest absolute Gasteiger partial charge is 0.343 e. The molecule has 0 aromatic carbocycles. The van der Waals surface area contributed by atoms with Crippen molar-refractivity contribution >= 4 is 32.7 Å². The van der Waals surface area contributed by atoms with Crippen LogP contribution in [-0.4, -0.2) is 5.56 Å². The Morgan fingerprint density at radius 3 is 2.43 bits per heavy atom. The van der Waals surface area contributed by atoms with E-state index >= 15 is 0 Å². The molecule has 0 bridgehead atoms. The Kier molecular flexibility index (Phi) is 5.35. The van der Waals surface area contributed by atoms with Gasteiger partial charge in [-0.2, -0.15) is 0 Å². The van der Waals surface area contributed by atoms with Crippen molar-refractivity contribution in [1.82, 2.24) is 0 Å². The fraction of sp³-hybridized carbons (Fsp3) is 0.333. The highest BCUT2D eigenvalue weighted by molar-refractivity contribution is 7.10. The van der Waals surface area contributed by atoms with Gasteiger partial charge in [0.2, 0.25) is 0 Å². The first-order valence-electron chi connectivity index (χ1n) is 1.57. The smallest absolute Gasteiger partial charge is 0.154 e. The molecule has 0 heterocycles. The van der Waals surface area contributed by atoms with E-state index in [4.69, 9.17) is 23.2 Å². The Hall–Kier alpha value is 0.710. The quantitative estimate of drug-likeness (QED) is 0.442. The lowest BCUT2D eigenvalue weighted by Crippen LogP contribution is -1.87. The van der Waals surface area contributed by atoms with Gasteiger partial charge in [0, 0.05) is 15.0 Å². The predicted octanol–water partition coefficient (Wildman–Crippen LogP) is 2.11. The van der Waals surface area contributed by atoms with Crippen LogP contribution in [0, 0.1) is 0 Å². The zero-order valence-corrected chi connectivity index (χ0v) is 6.14. The molecule has 0 radical (unpaired) electrons. The molecule has 0 N–H and O–H groups in total. The van der Waals surface area contributed by atoms with Gasteiger partial charge in [0.25, 0.3) is 0 Å². The minimum Gasteiger partial charge on any atom is -0.343 e. The standard InChI is InChI=1S/C3H5Cl2OP/c4-2-1-3(5)6-7/h1-3H,7H2. The highest BCUT2D eigenvalue weighted by atomic mass is 35.5. The molecule has 1 nitrogen and oxygen atoms in total. The van der Waals surface area contributed by atoms with Crippen LogP contribution in [0.5, 0.6) is 0 Å². The molecule has 0 aromatic heterocycles. The average molecular weight is 159 g/mol. The normalized spacial score (nSPS) is 15.3. The Balaban J connectivity index is 3.16. The second-order valence-electron chi connectivity index (χ2n) is 0.806. The minimum atomic E-state index is -0.428. The summed E-state index contributed by atoms with van der Waals surface area (Å²) in [5.41, 5.74) is 0.879. The summed E-state index contributed by atoms with van der Waals surface area (Å²) in [6, 6.07) is 0. The van der Waals surface area contributed by atoms with Crippen molar-refractivity contribution in [2.24, 2.45) is 0 Å². The zero-order valence-electron chi connectivity index (χ0n) is 3.47. The molecular formula is C3H5Cl2OP. The highest BCUT2D eigenvalue weighted by Crippen LogP contribution is 2.04. The molecule has 0 aliphatic carbocycles. The molecular weight excluding hydrogens is 154 g/mol. The lowest BCUT2D eigenvalue weighted by Gasteiger charge is -1.94. The molecule has 4 heteroatoms. The summed E-state index contributed by atoms with van der Waals surface area (Å²) in [7, 11) is 2.03. The van der Waals surface area contributed by atoms with Crippen molar-refractivity contribution in [2.75, 3.05) is 0 Å². The second-order valence-corrected chi connectivity index (χ2v) is 1.76. The lowest BCUT2D eigenvalue weighted by molar-refractivity contribution is 0.385. The van der Waals surface area contributed by atoms with Crippen LogP contribution in [-0.2, 0) is 4.52 Å². The first-order chi connectivity index (χ1) is 3.31. The third-order valence-electron chi connectivity index (χ3n) is 0.354. The van der Waals surface area contributed by atoms with Crippen LogP contribution in [0.3, 0.4) is 0 Å². The van der Waals surface area contributed by atoms with Gasteiger partial charge < -0.3 is 4.52 Å². The van der Waals surface area contributed by atoms with E-state index in [1.165, 1.54) is 11.6 Å². The van der Waals surface area contributed by atoms with Crippen LogP contribution in [0.2, 0.25) is 0 Å². The van der Waals surface area contributed by atoms with Crippen molar-refractivity contribution in [3.63, 3.8) is 0 Å². The highest BCUT2D eigenvalue weighted by Gasteiger charge is 1.89. The fourth-order valence-corrected chi connectivity index (χ4v) is 0.473. The molecule has 0 aromatic rings. The number of hydrogen-bond acceptors (Lipinski definition) is 1. The SMILES string of the molecule is POC(Cl)C=CCl. The summed E-state index contributed by atoms with van der Waals surface area (Å²) < 4.78 is 4.50. The summed E-state index contributed by atoms with van der Waals surface area (Å²) in [6.07, 6.45) is 1.51. The van der Waals surface area contributed by atoms with Crippen molar-refractivity contribution < 1.29 is 4.52 Å². The van der Waals surface area contributed by atoms with Gasteiger partial charge in [-0.3, -0.25) is 0 Å². The van der Waals surface area contributed by atoms with Crippen LogP contribution in [0.4, 0.5) is 0 Å². The van der Waals surface area contributed by atoms with Gasteiger partial charge in [-0.05, 0) is 6.08 Å². The van der Waals surface area contributed by atoms with Crippen molar-refractivity contribution in [2.45, 2.75) is 5.56 Å². The van der Waals surface area contributed by atoms with E-state index in [-0.39, 0.29) is 0 Å². The van der Waals surface area contributed by atoms with Gasteiger partial charge in [0.1, 0.15) is 0 Å². The summed E-state index contributed by atoms with van der Waals surface area (Å²) in [4.78, 5) is 0. The molecule has 0 saturated heterocycles. The summed E-state index contributed by atoms with van der Waals surface area (Å²) in [5, 5.41) is 0. The van der Waals surface area contributed by atoms with E-state index in [0.29, 0.717) is 0 Å². The first kappa shape index (κ1) is 7.71. The van der Waals surface area contributed by atoms with Crippen LogP contribution < -0.4 is 0 Å². The maximum Gasteiger partial charge on any atom is 0.154 e. The van der Waals surface area contributed by atoms with Gasteiger partial charge in [-0.1, -0.05) is 23.2 Å². The Morgan fingerprint density at radius 2 is 2.29 bits per heavy atom. The van der Waals surface area contributed by atoms with E-state index in [9.17, 15) is 0 Å².